The number of aryl methyl sites for hydroxylation is 1. The van der Waals surface area contributed by atoms with E-state index in [4.69, 9.17) is 14.6 Å². The number of hydrazone groups is 1. The topological polar surface area (TPSA) is 91.7 Å². The molecule has 0 aromatic heterocycles. The highest BCUT2D eigenvalue weighted by Gasteiger charge is 2.15. The van der Waals surface area contributed by atoms with Gasteiger partial charge in [0.15, 0.2) is 0 Å². The second-order valence-electron chi connectivity index (χ2n) is 11.7. The van der Waals surface area contributed by atoms with Crippen LogP contribution in [0.15, 0.2) is 65.8 Å². The van der Waals surface area contributed by atoms with Gasteiger partial charge in [-0.1, -0.05) is 63.2 Å². The molecule has 0 radical (unpaired) electrons. The van der Waals surface area contributed by atoms with Crippen LogP contribution in [0.25, 0.3) is 11.1 Å². The van der Waals surface area contributed by atoms with Gasteiger partial charge in [0.1, 0.15) is 17.3 Å². The predicted octanol–water partition coefficient (Wildman–Crippen LogP) is 6.54. The molecule has 0 bridgehead atoms. The normalized spacial score (nSPS) is 11.7. The summed E-state index contributed by atoms with van der Waals surface area (Å²) in [6.45, 7) is 9.74. The molecular formula is C35H45N3O5. The third-order valence-corrected chi connectivity index (χ3v) is 7.38. The van der Waals surface area contributed by atoms with Crippen molar-refractivity contribution in [1.29, 1.82) is 0 Å². The van der Waals surface area contributed by atoms with Gasteiger partial charge in [-0.25, -0.2) is 0 Å². The van der Waals surface area contributed by atoms with Crippen molar-refractivity contribution >= 4 is 18.2 Å². The third kappa shape index (κ3) is 9.33. The number of hydrogen-bond acceptors (Lipinski definition) is 6. The van der Waals surface area contributed by atoms with Crippen LogP contribution >= 0.6 is 0 Å². The number of carboxylic acids is 1. The van der Waals surface area contributed by atoms with Crippen molar-refractivity contribution in [1.82, 2.24) is 9.91 Å². The Bertz CT molecular complexity index is 1410. The van der Waals surface area contributed by atoms with Crippen LogP contribution in [0.4, 0.5) is 0 Å². The lowest BCUT2D eigenvalue weighted by molar-refractivity contribution is -0.136. The van der Waals surface area contributed by atoms with E-state index in [1.165, 1.54) is 12.7 Å². The van der Waals surface area contributed by atoms with Crippen molar-refractivity contribution in [2.75, 3.05) is 27.8 Å². The van der Waals surface area contributed by atoms with Gasteiger partial charge >= 0.3 is 5.97 Å². The van der Waals surface area contributed by atoms with Crippen LogP contribution in [0, 0.1) is 0 Å². The summed E-state index contributed by atoms with van der Waals surface area (Å²) >= 11 is 0. The fourth-order valence-corrected chi connectivity index (χ4v) is 5.00. The number of hydrogen-bond donors (Lipinski definition) is 1. The number of carbonyl (C=O) groups is 2. The minimum Gasteiger partial charge on any atom is -0.496 e. The molecule has 0 atom stereocenters. The van der Waals surface area contributed by atoms with Gasteiger partial charge in [0.25, 0.3) is 0 Å². The lowest BCUT2D eigenvalue weighted by Gasteiger charge is -2.22. The van der Waals surface area contributed by atoms with E-state index in [0.29, 0.717) is 36.6 Å². The Morgan fingerprint density at radius 2 is 1.63 bits per heavy atom. The zero-order chi connectivity index (χ0) is 31.6. The average molecular weight is 588 g/mol. The van der Waals surface area contributed by atoms with E-state index < -0.39 is 5.97 Å². The maximum atomic E-state index is 11.8. The first-order valence-electron chi connectivity index (χ1n) is 14.6. The molecule has 3 aromatic rings. The van der Waals surface area contributed by atoms with E-state index in [0.717, 1.165) is 47.3 Å². The zero-order valence-electron chi connectivity index (χ0n) is 26.5. The Kier molecular flexibility index (Phi) is 11.8. The molecule has 1 amide bonds. The molecule has 0 heterocycles. The molecule has 0 saturated heterocycles. The van der Waals surface area contributed by atoms with Crippen molar-refractivity contribution in [3.63, 3.8) is 0 Å². The second kappa shape index (κ2) is 15.2. The molecule has 0 spiro atoms. The fraction of sp³-hybridized carbons (Fsp3) is 0.400. The number of rotatable bonds is 14. The van der Waals surface area contributed by atoms with Gasteiger partial charge in [-0.05, 0) is 65.6 Å². The Labute approximate surface area is 255 Å². The molecule has 0 aliphatic carbocycles. The summed E-state index contributed by atoms with van der Waals surface area (Å²) in [5.41, 5.74) is 5.99. The highest BCUT2D eigenvalue weighted by Crippen LogP contribution is 2.34. The van der Waals surface area contributed by atoms with E-state index in [-0.39, 0.29) is 11.8 Å². The monoisotopic (exact) mass is 587 g/mol. The van der Waals surface area contributed by atoms with E-state index in [2.05, 4.69) is 51.1 Å². The number of ether oxygens (including phenoxy) is 2. The van der Waals surface area contributed by atoms with Crippen LogP contribution in [0.5, 0.6) is 11.5 Å². The molecule has 3 aromatic carbocycles. The number of carboxylic acid groups (broad SMARTS) is 1. The molecule has 8 heteroatoms. The lowest BCUT2D eigenvalue weighted by Crippen LogP contribution is -2.31. The minimum absolute atomic E-state index is 0.104. The van der Waals surface area contributed by atoms with E-state index in [1.807, 2.05) is 43.2 Å². The Morgan fingerprint density at radius 1 is 0.953 bits per heavy atom. The standard InChI is InChI=1S/C35H45N3O5/c1-8-38(24-39)33(36-37(5)23-26-12-16-29(17-13-26)35(2,3)4)11-9-10-25-14-18-30(32(20-25)43-7)27-15-19-31(42-6)28(21-27)22-34(40)41/h12-21,24H,8-11,22-23H2,1-7H3,(H,40,41)/b36-33-. The van der Waals surface area contributed by atoms with Crippen LogP contribution in [-0.4, -0.2) is 61.0 Å². The quantitative estimate of drug-likeness (QED) is 0.0997. The summed E-state index contributed by atoms with van der Waals surface area (Å²) < 4.78 is 11.1. The van der Waals surface area contributed by atoms with Gasteiger partial charge in [0.05, 0.1) is 27.2 Å². The first-order chi connectivity index (χ1) is 20.5. The van der Waals surface area contributed by atoms with Crippen molar-refractivity contribution in [2.45, 2.75) is 65.3 Å². The Morgan fingerprint density at radius 3 is 2.21 bits per heavy atom. The van der Waals surface area contributed by atoms with Gasteiger partial charge in [-0.15, -0.1) is 0 Å². The van der Waals surface area contributed by atoms with Crippen molar-refractivity contribution in [2.24, 2.45) is 5.10 Å². The molecule has 230 valence electrons. The molecule has 3 rings (SSSR count). The number of amides is 1. The molecule has 0 unspecified atom stereocenters. The number of carbonyl (C=O) groups excluding carboxylic acids is 1. The summed E-state index contributed by atoms with van der Waals surface area (Å²) in [6.07, 6.45) is 2.93. The van der Waals surface area contributed by atoms with Crippen LogP contribution in [0.1, 0.15) is 62.8 Å². The lowest BCUT2D eigenvalue weighted by atomic mass is 9.87. The first-order valence-corrected chi connectivity index (χ1v) is 14.6. The van der Waals surface area contributed by atoms with Gasteiger partial charge in [0, 0.05) is 31.1 Å². The van der Waals surface area contributed by atoms with Gasteiger partial charge < -0.3 is 19.5 Å². The summed E-state index contributed by atoms with van der Waals surface area (Å²) in [6, 6.07) is 20.2. The van der Waals surface area contributed by atoms with Gasteiger partial charge in [0.2, 0.25) is 6.41 Å². The van der Waals surface area contributed by atoms with Crippen LogP contribution < -0.4 is 9.47 Å². The number of benzene rings is 3. The number of amidine groups is 1. The van der Waals surface area contributed by atoms with Crippen molar-refractivity contribution in [3.05, 3.63) is 82.9 Å². The van der Waals surface area contributed by atoms with E-state index in [1.54, 1.807) is 18.1 Å². The molecule has 43 heavy (non-hydrogen) atoms. The van der Waals surface area contributed by atoms with Crippen molar-refractivity contribution in [3.8, 4) is 22.6 Å². The molecule has 8 nitrogen and oxygen atoms in total. The SMILES string of the molecule is CCN(C=O)/C(CCCc1ccc(-c2ccc(OC)c(CC(=O)O)c2)c(OC)c1)=N\N(C)Cc1ccc(C(C)(C)C)cc1. The highest BCUT2D eigenvalue weighted by molar-refractivity contribution is 5.90. The first kappa shape index (κ1) is 33.2. The van der Waals surface area contributed by atoms with Gasteiger partial charge in [-0.3, -0.25) is 14.6 Å². The Hall–Kier alpha value is -4.33. The number of methoxy groups -OCH3 is 2. The molecule has 0 fully saturated rings. The third-order valence-electron chi connectivity index (χ3n) is 7.38. The van der Waals surface area contributed by atoms with Crippen LogP contribution in [0.2, 0.25) is 0 Å². The largest absolute Gasteiger partial charge is 0.496 e. The summed E-state index contributed by atoms with van der Waals surface area (Å²) in [5, 5.41) is 16.0. The number of nitrogens with zero attached hydrogens (tertiary/aromatic N) is 3. The summed E-state index contributed by atoms with van der Waals surface area (Å²) in [5.74, 6) is 1.06. The highest BCUT2D eigenvalue weighted by atomic mass is 16.5. The fourth-order valence-electron chi connectivity index (χ4n) is 5.00. The second-order valence-corrected chi connectivity index (χ2v) is 11.7. The summed E-state index contributed by atoms with van der Waals surface area (Å²) in [7, 11) is 5.09. The average Bonchev–Trinajstić information content (AvgIpc) is 2.97. The van der Waals surface area contributed by atoms with Crippen LogP contribution in [-0.2, 0) is 34.4 Å². The maximum absolute atomic E-state index is 11.8. The molecule has 0 aliphatic heterocycles. The van der Waals surface area contributed by atoms with Crippen molar-refractivity contribution < 1.29 is 24.2 Å². The maximum Gasteiger partial charge on any atom is 0.307 e. The van der Waals surface area contributed by atoms with Gasteiger partial charge in [-0.2, -0.15) is 5.10 Å². The molecule has 0 aliphatic rings. The Balaban J connectivity index is 1.72. The minimum atomic E-state index is -0.919. The van der Waals surface area contributed by atoms with E-state index in [9.17, 15) is 14.7 Å². The zero-order valence-corrected chi connectivity index (χ0v) is 26.5. The summed E-state index contributed by atoms with van der Waals surface area (Å²) in [4.78, 5) is 24.8. The smallest absolute Gasteiger partial charge is 0.307 e. The van der Waals surface area contributed by atoms with E-state index >= 15 is 0 Å². The molecular weight excluding hydrogens is 542 g/mol. The predicted molar refractivity (Wildman–Crippen MR) is 172 cm³/mol. The molecule has 1 N–H and O–H groups in total. The van der Waals surface area contributed by atoms with Crippen LogP contribution in [0.3, 0.4) is 0 Å². The molecule has 0 saturated carbocycles. The number of aliphatic carboxylic acids is 1.